The van der Waals surface area contributed by atoms with Crippen LogP contribution in [0.1, 0.15) is 70.3 Å². The third-order valence-corrected chi connectivity index (χ3v) is 5.16. The smallest absolute Gasteiger partial charge is 0.147 e. The molecule has 1 atom stereocenters. The number of hydrogen-bond acceptors (Lipinski definition) is 2. The van der Waals surface area contributed by atoms with E-state index in [1.54, 1.807) is 7.11 Å². The van der Waals surface area contributed by atoms with Crippen LogP contribution in [-0.2, 0) is 14.9 Å². The zero-order valence-electron chi connectivity index (χ0n) is 16.6. The van der Waals surface area contributed by atoms with Crippen molar-refractivity contribution in [1.29, 1.82) is 0 Å². The fourth-order valence-corrected chi connectivity index (χ4v) is 3.33. The van der Waals surface area contributed by atoms with Gasteiger partial charge in [-0.3, -0.25) is 0 Å². The van der Waals surface area contributed by atoms with Gasteiger partial charge in [0.1, 0.15) is 6.79 Å². The minimum Gasteiger partial charge on any atom is -0.359 e. The molecule has 0 radical (unpaired) electrons. The Morgan fingerprint density at radius 3 is 2.72 bits per heavy atom. The second kappa shape index (κ2) is 8.64. The molecular formula is C23H32O2. The lowest BCUT2D eigenvalue weighted by Gasteiger charge is -2.37. The molecule has 0 aliphatic heterocycles. The van der Waals surface area contributed by atoms with E-state index in [4.69, 9.17) is 9.47 Å². The van der Waals surface area contributed by atoms with Crippen molar-refractivity contribution in [3.05, 3.63) is 64.8 Å². The van der Waals surface area contributed by atoms with Crippen molar-refractivity contribution >= 4 is 5.57 Å². The number of fused-ring (bicyclic) bond motifs is 1. The van der Waals surface area contributed by atoms with E-state index < -0.39 is 0 Å². The highest BCUT2D eigenvalue weighted by atomic mass is 16.7. The first kappa shape index (κ1) is 19.7. The van der Waals surface area contributed by atoms with Crippen molar-refractivity contribution in [2.45, 2.75) is 59.0 Å². The predicted octanol–water partition coefficient (Wildman–Crippen LogP) is 6.35. The van der Waals surface area contributed by atoms with Gasteiger partial charge in [0.25, 0.3) is 0 Å². The molecule has 0 amide bonds. The molecule has 1 aromatic carbocycles. The summed E-state index contributed by atoms with van der Waals surface area (Å²) in [6.45, 7) is 11.3. The average molecular weight is 341 g/mol. The molecular weight excluding hydrogens is 308 g/mol. The monoisotopic (exact) mass is 340 g/mol. The van der Waals surface area contributed by atoms with Gasteiger partial charge < -0.3 is 9.47 Å². The molecule has 1 aromatic rings. The van der Waals surface area contributed by atoms with Crippen LogP contribution in [0.5, 0.6) is 0 Å². The Morgan fingerprint density at radius 2 is 2.04 bits per heavy atom. The lowest BCUT2D eigenvalue weighted by molar-refractivity contribution is -0.0808. The molecule has 0 spiro atoms. The number of allylic oxidation sites excluding steroid dienone is 6. The van der Waals surface area contributed by atoms with E-state index in [-0.39, 0.29) is 11.5 Å². The third-order valence-electron chi connectivity index (χ3n) is 5.16. The van der Waals surface area contributed by atoms with E-state index in [1.807, 2.05) is 0 Å². The second-order valence-electron chi connectivity index (χ2n) is 7.53. The topological polar surface area (TPSA) is 18.5 Å². The third kappa shape index (κ3) is 4.93. The highest BCUT2D eigenvalue weighted by Crippen LogP contribution is 2.43. The lowest BCUT2D eigenvalue weighted by Crippen LogP contribution is -2.27. The van der Waals surface area contributed by atoms with Crippen molar-refractivity contribution in [3.63, 3.8) is 0 Å². The summed E-state index contributed by atoms with van der Waals surface area (Å²) >= 11 is 0. The first-order valence-electron chi connectivity index (χ1n) is 9.12. The molecule has 2 heteroatoms. The van der Waals surface area contributed by atoms with Crippen LogP contribution >= 0.6 is 0 Å². The number of methoxy groups -OCH3 is 1. The SMILES string of the molecule is C/C=C(C)/C=C/C=C(\C)c1ccc2c(c1)C(OCOC)CCC2(C)C. The van der Waals surface area contributed by atoms with Crippen LogP contribution in [-0.4, -0.2) is 13.9 Å². The fraction of sp³-hybridized carbons (Fsp3) is 0.478. The van der Waals surface area contributed by atoms with Gasteiger partial charge in [0.15, 0.2) is 0 Å². The van der Waals surface area contributed by atoms with Crippen LogP contribution in [0.3, 0.4) is 0 Å². The Morgan fingerprint density at radius 1 is 1.28 bits per heavy atom. The number of rotatable bonds is 6. The molecule has 0 saturated carbocycles. The van der Waals surface area contributed by atoms with Gasteiger partial charge in [-0.2, -0.15) is 0 Å². The number of ether oxygens (including phenoxy) is 2. The van der Waals surface area contributed by atoms with Crippen molar-refractivity contribution in [3.8, 4) is 0 Å². The van der Waals surface area contributed by atoms with Crippen molar-refractivity contribution < 1.29 is 9.47 Å². The van der Waals surface area contributed by atoms with Crippen LogP contribution < -0.4 is 0 Å². The molecule has 2 rings (SSSR count). The van der Waals surface area contributed by atoms with E-state index in [0.29, 0.717) is 6.79 Å². The number of benzene rings is 1. The molecule has 0 bridgehead atoms. The Balaban J connectivity index is 2.34. The molecule has 1 aliphatic rings. The standard InChI is InChI=1S/C23H32O2/c1-7-17(2)9-8-10-18(3)19-11-12-21-20(15-19)22(25-16-24-6)13-14-23(21,4)5/h7-12,15,22H,13-14,16H2,1-6H3/b9-8+,17-7+,18-10+. The van der Waals surface area contributed by atoms with Crippen LogP contribution in [0.2, 0.25) is 0 Å². The van der Waals surface area contributed by atoms with Crippen molar-refractivity contribution in [1.82, 2.24) is 0 Å². The van der Waals surface area contributed by atoms with E-state index in [0.717, 1.165) is 12.8 Å². The Labute approximate surface area is 153 Å². The predicted molar refractivity (Wildman–Crippen MR) is 107 cm³/mol. The summed E-state index contributed by atoms with van der Waals surface area (Å²) in [6.07, 6.45) is 10.8. The summed E-state index contributed by atoms with van der Waals surface area (Å²) in [5.74, 6) is 0. The highest BCUT2D eigenvalue weighted by molar-refractivity contribution is 5.67. The van der Waals surface area contributed by atoms with Crippen molar-refractivity contribution in [2.24, 2.45) is 0 Å². The first-order valence-corrected chi connectivity index (χ1v) is 9.12. The van der Waals surface area contributed by atoms with E-state index in [1.165, 1.54) is 27.8 Å². The molecule has 25 heavy (non-hydrogen) atoms. The average Bonchev–Trinajstić information content (AvgIpc) is 2.60. The maximum absolute atomic E-state index is 5.95. The normalized spacial score (nSPS) is 20.8. The minimum atomic E-state index is 0.122. The zero-order valence-corrected chi connectivity index (χ0v) is 16.6. The largest absolute Gasteiger partial charge is 0.359 e. The molecule has 1 unspecified atom stereocenters. The summed E-state index contributed by atoms with van der Waals surface area (Å²) < 4.78 is 11.1. The Bertz CT molecular complexity index is 677. The Hall–Kier alpha value is -1.64. The second-order valence-corrected chi connectivity index (χ2v) is 7.53. The van der Waals surface area contributed by atoms with E-state index in [2.05, 4.69) is 77.1 Å². The molecule has 0 N–H and O–H groups in total. The first-order chi connectivity index (χ1) is 11.9. The molecule has 1 aliphatic carbocycles. The van der Waals surface area contributed by atoms with E-state index >= 15 is 0 Å². The molecule has 0 aromatic heterocycles. The van der Waals surface area contributed by atoms with Crippen molar-refractivity contribution in [2.75, 3.05) is 13.9 Å². The van der Waals surface area contributed by atoms with Gasteiger partial charge in [0.2, 0.25) is 0 Å². The van der Waals surface area contributed by atoms with Crippen LogP contribution in [0, 0.1) is 0 Å². The van der Waals surface area contributed by atoms with Gasteiger partial charge in [-0.05, 0) is 67.4 Å². The summed E-state index contributed by atoms with van der Waals surface area (Å²) in [6, 6.07) is 6.82. The maximum atomic E-state index is 5.95. The Kier molecular flexibility index (Phi) is 6.80. The maximum Gasteiger partial charge on any atom is 0.147 e. The lowest BCUT2D eigenvalue weighted by atomic mass is 9.71. The van der Waals surface area contributed by atoms with Gasteiger partial charge in [0, 0.05) is 7.11 Å². The summed E-state index contributed by atoms with van der Waals surface area (Å²) in [7, 11) is 1.68. The van der Waals surface area contributed by atoms with Gasteiger partial charge in [0.05, 0.1) is 6.10 Å². The fourth-order valence-electron chi connectivity index (χ4n) is 3.33. The van der Waals surface area contributed by atoms with E-state index in [9.17, 15) is 0 Å². The quantitative estimate of drug-likeness (QED) is 0.444. The number of hydrogen-bond donors (Lipinski definition) is 0. The molecule has 0 saturated heterocycles. The minimum absolute atomic E-state index is 0.122. The molecule has 2 nitrogen and oxygen atoms in total. The van der Waals surface area contributed by atoms with Gasteiger partial charge >= 0.3 is 0 Å². The summed E-state index contributed by atoms with van der Waals surface area (Å²) in [4.78, 5) is 0. The molecule has 0 heterocycles. The highest BCUT2D eigenvalue weighted by Gasteiger charge is 2.33. The summed E-state index contributed by atoms with van der Waals surface area (Å²) in [5, 5.41) is 0. The van der Waals surface area contributed by atoms with Crippen LogP contribution in [0.25, 0.3) is 5.57 Å². The van der Waals surface area contributed by atoms with Gasteiger partial charge in [-0.15, -0.1) is 0 Å². The van der Waals surface area contributed by atoms with Crippen LogP contribution in [0.4, 0.5) is 0 Å². The molecule has 136 valence electrons. The van der Waals surface area contributed by atoms with Gasteiger partial charge in [-0.25, -0.2) is 0 Å². The molecule has 0 fully saturated rings. The van der Waals surface area contributed by atoms with Crippen LogP contribution in [0.15, 0.2) is 48.1 Å². The summed E-state index contributed by atoms with van der Waals surface area (Å²) in [5.41, 5.74) is 6.69. The zero-order chi connectivity index (χ0) is 18.4. The van der Waals surface area contributed by atoms with Gasteiger partial charge in [-0.1, -0.05) is 55.9 Å².